The lowest BCUT2D eigenvalue weighted by Crippen LogP contribution is -2.23. The van der Waals surface area contributed by atoms with Crippen LogP contribution in [0.2, 0.25) is 0 Å². The molecule has 0 saturated carbocycles. The lowest BCUT2D eigenvalue weighted by atomic mass is 9.99. The highest BCUT2D eigenvalue weighted by atomic mass is 19.2. The maximum Gasteiger partial charge on any atom is 0.159 e. The van der Waals surface area contributed by atoms with Crippen molar-refractivity contribution in [3.05, 3.63) is 59.3 Å². The summed E-state index contributed by atoms with van der Waals surface area (Å²) in [6.07, 6.45) is 2.27. The van der Waals surface area contributed by atoms with Gasteiger partial charge in [0.15, 0.2) is 11.6 Å². The van der Waals surface area contributed by atoms with E-state index < -0.39 is 11.6 Å². The number of nitrogens with zero attached hydrogens (tertiary/aromatic N) is 1. The molecule has 5 heteroatoms. The summed E-state index contributed by atoms with van der Waals surface area (Å²) >= 11 is 0. The summed E-state index contributed by atoms with van der Waals surface area (Å²) in [5.41, 5.74) is 7.35. The molecule has 20 heavy (non-hydrogen) atoms. The SMILES string of the molecule is CCNC(Cc1ccnc(N)c1)c1ccc(F)c(F)c1. The van der Waals surface area contributed by atoms with Crippen LogP contribution in [0.3, 0.4) is 0 Å². The maximum atomic E-state index is 13.3. The molecule has 2 rings (SSSR count). The van der Waals surface area contributed by atoms with Crippen molar-refractivity contribution in [2.45, 2.75) is 19.4 Å². The Labute approximate surface area is 116 Å². The fraction of sp³-hybridized carbons (Fsp3) is 0.267. The van der Waals surface area contributed by atoms with E-state index in [1.165, 1.54) is 6.07 Å². The van der Waals surface area contributed by atoms with Crippen LogP contribution in [0.1, 0.15) is 24.1 Å². The van der Waals surface area contributed by atoms with Gasteiger partial charge in [0.2, 0.25) is 0 Å². The molecule has 0 aliphatic carbocycles. The highest BCUT2D eigenvalue weighted by Gasteiger charge is 2.14. The largest absolute Gasteiger partial charge is 0.384 e. The lowest BCUT2D eigenvalue weighted by Gasteiger charge is -2.19. The van der Waals surface area contributed by atoms with Crippen LogP contribution in [-0.2, 0) is 6.42 Å². The van der Waals surface area contributed by atoms with Gasteiger partial charge in [-0.2, -0.15) is 0 Å². The minimum absolute atomic E-state index is 0.100. The summed E-state index contributed by atoms with van der Waals surface area (Å²) in [6.45, 7) is 2.69. The molecule has 106 valence electrons. The third kappa shape index (κ3) is 3.51. The molecule has 0 aliphatic heterocycles. The molecule has 0 fully saturated rings. The number of halogens is 2. The second-order valence-corrected chi connectivity index (χ2v) is 4.58. The first-order valence-electron chi connectivity index (χ1n) is 6.49. The Morgan fingerprint density at radius 3 is 2.65 bits per heavy atom. The molecule has 0 saturated heterocycles. The zero-order chi connectivity index (χ0) is 14.5. The van der Waals surface area contributed by atoms with Gasteiger partial charge in [0, 0.05) is 12.2 Å². The van der Waals surface area contributed by atoms with E-state index in [4.69, 9.17) is 5.73 Å². The molecular formula is C15H17F2N3. The van der Waals surface area contributed by atoms with E-state index in [1.54, 1.807) is 18.3 Å². The van der Waals surface area contributed by atoms with Gasteiger partial charge >= 0.3 is 0 Å². The number of hydrogen-bond donors (Lipinski definition) is 2. The molecule has 1 atom stereocenters. The molecule has 0 bridgehead atoms. The van der Waals surface area contributed by atoms with E-state index in [0.717, 1.165) is 18.2 Å². The Morgan fingerprint density at radius 2 is 2.00 bits per heavy atom. The molecule has 0 amide bonds. The van der Waals surface area contributed by atoms with E-state index in [-0.39, 0.29) is 6.04 Å². The number of aromatic nitrogens is 1. The minimum Gasteiger partial charge on any atom is -0.384 e. The van der Waals surface area contributed by atoms with Crippen molar-refractivity contribution in [1.29, 1.82) is 0 Å². The standard InChI is InChI=1S/C15H17F2N3/c1-2-19-14(7-10-5-6-20-15(18)8-10)11-3-4-12(16)13(17)9-11/h3-6,8-9,14,19H,2,7H2,1H3,(H2,18,20). The van der Waals surface area contributed by atoms with Crippen molar-refractivity contribution in [2.75, 3.05) is 12.3 Å². The van der Waals surface area contributed by atoms with E-state index in [1.807, 2.05) is 13.0 Å². The van der Waals surface area contributed by atoms with Gasteiger partial charge in [0.25, 0.3) is 0 Å². The van der Waals surface area contributed by atoms with Crippen molar-refractivity contribution in [2.24, 2.45) is 0 Å². The van der Waals surface area contributed by atoms with Gasteiger partial charge in [0.05, 0.1) is 0 Å². The van der Waals surface area contributed by atoms with Crippen LogP contribution in [0.15, 0.2) is 36.5 Å². The zero-order valence-corrected chi connectivity index (χ0v) is 11.2. The first-order chi connectivity index (χ1) is 9.60. The summed E-state index contributed by atoms with van der Waals surface area (Å²) in [6, 6.07) is 7.52. The Kier molecular flexibility index (Phi) is 4.63. The van der Waals surface area contributed by atoms with Gasteiger partial charge < -0.3 is 11.1 Å². The number of benzene rings is 1. The second kappa shape index (κ2) is 6.43. The van der Waals surface area contributed by atoms with Gasteiger partial charge in [-0.25, -0.2) is 13.8 Å². The third-order valence-electron chi connectivity index (χ3n) is 3.08. The maximum absolute atomic E-state index is 13.3. The molecule has 1 aromatic heterocycles. The Morgan fingerprint density at radius 1 is 1.20 bits per heavy atom. The Balaban J connectivity index is 2.24. The fourth-order valence-electron chi connectivity index (χ4n) is 2.14. The number of pyridine rings is 1. The zero-order valence-electron chi connectivity index (χ0n) is 11.2. The molecule has 1 unspecified atom stereocenters. The minimum atomic E-state index is -0.836. The average molecular weight is 277 g/mol. The summed E-state index contributed by atoms with van der Waals surface area (Å²) in [7, 11) is 0. The van der Waals surface area contributed by atoms with Crippen molar-refractivity contribution in [3.8, 4) is 0 Å². The Bertz CT molecular complexity index is 587. The predicted octanol–water partition coefficient (Wildman–Crippen LogP) is 2.84. The van der Waals surface area contributed by atoms with Crippen LogP contribution in [0.5, 0.6) is 0 Å². The summed E-state index contributed by atoms with van der Waals surface area (Å²) in [4.78, 5) is 3.94. The number of rotatable bonds is 5. The van der Waals surface area contributed by atoms with Gasteiger partial charge in [0.1, 0.15) is 5.82 Å². The topological polar surface area (TPSA) is 50.9 Å². The van der Waals surface area contributed by atoms with Crippen molar-refractivity contribution >= 4 is 5.82 Å². The second-order valence-electron chi connectivity index (χ2n) is 4.58. The van der Waals surface area contributed by atoms with Crippen molar-refractivity contribution < 1.29 is 8.78 Å². The molecule has 2 aromatic rings. The lowest BCUT2D eigenvalue weighted by molar-refractivity contribution is 0.497. The van der Waals surface area contributed by atoms with E-state index in [0.29, 0.717) is 17.8 Å². The first-order valence-corrected chi connectivity index (χ1v) is 6.49. The van der Waals surface area contributed by atoms with E-state index >= 15 is 0 Å². The third-order valence-corrected chi connectivity index (χ3v) is 3.08. The number of nitrogens with one attached hydrogen (secondary N) is 1. The molecule has 1 heterocycles. The number of likely N-dealkylation sites (N-methyl/N-ethyl adjacent to an activating group) is 1. The molecule has 0 radical (unpaired) electrons. The molecule has 3 N–H and O–H groups in total. The van der Waals surface area contributed by atoms with Crippen LogP contribution in [-0.4, -0.2) is 11.5 Å². The normalized spacial score (nSPS) is 12.3. The predicted molar refractivity (Wildman–Crippen MR) is 75.1 cm³/mol. The van der Waals surface area contributed by atoms with Crippen LogP contribution in [0.4, 0.5) is 14.6 Å². The van der Waals surface area contributed by atoms with Gasteiger partial charge in [-0.1, -0.05) is 13.0 Å². The summed E-state index contributed by atoms with van der Waals surface area (Å²) < 4.78 is 26.4. The summed E-state index contributed by atoms with van der Waals surface area (Å²) in [5, 5.41) is 3.26. The van der Waals surface area contributed by atoms with E-state index in [9.17, 15) is 8.78 Å². The monoisotopic (exact) mass is 277 g/mol. The van der Waals surface area contributed by atoms with Gasteiger partial charge in [-0.15, -0.1) is 0 Å². The number of nitrogen functional groups attached to an aromatic ring is 1. The molecule has 1 aromatic carbocycles. The van der Waals surface area contributed by atoms with Crippen LogP contribution < -0.4 is 11.1 Å². The van der Waals surface area contributed by atoms with Crippen LogP contribution >= 0.6 is 0 Å². The van der Waals surface area contributed by atoms with E-state index in [2.05, 4.69) is 10.3 Å². The summed E-state index contributed by atoms with van der Waals surface area (Å²) in [5.74, 6) is -1.22. The Hall–Kier alpha value is -2.01. The molecule has 0 spiro atoms. The van der Waals surface area contributed by atoms with Crippen LogP contribution in [0.25, 0.3) is 0 Å². The van der Waals surface area contributed by atoms with Crippen LogP contribution in [0, 0.1) is 11.6 Å². The number of anilines is 1. The fourth-order valence-corrected chi connectivity index (χ4v) is 2.14. The smallest absolute Gasteiger partial charge is 0.159 e. The quantitative estimate of drug-likeness (QED) is 0.883. The molecule has 0 aliphatic rings. The van der Waals surface area contributed by atoms with Crippen molar-refractivity contribution in [1.82, 2.24) is 10.3 Å². The van der Waals surface area contributed by atoms with Crippen molar-refractivity contribution in [3.63, 3.8) is 0 Å². The van der Waals surface area contributed by atoms with Gasteiger partial charge in [-0.3, -0.25) is 0 Å². The first kappa shape index (κ1) is 14.4. The van der Waals surface area contributed by atoms with Gasteiger partial charge in [-0.05, 0) is 48.4 Å². The highest BCUT2D eigenvalue weighted by molar-refractivity contribution is 5.33. The molecular weight excluding hydrogens is 260 g/mol. The average Bonchev–Trinajstić information content (AvgIpc) is 2.41. The number of nitrogens with two attached hydrogens (primary N) is 1. The molecule has 3 nitrogen and oxygen atoms in total. The number of hydrogen-bond acceptors (Lipinski definition) is 3. The highest BCUT2D eigenvalue weighted by Crippen LogP contribution is 2.21.